The number of ether oxygens (including phenoxy) is 2. The van der Waals surface area contributed by atoms with Crippen LogP contribution in [-0.2, 0) is 15.4 Å². The Hall–Kier alpha value is -2.58. The molecule has 2 aromatic rings. The molecule has 1 fully saturated rings. The highest BCUT2D eigenvalue weighted by Gasteiger charge is 2.46. The van der Waals surface area contributed by atoms with Crippen LogP contribution in [0, 0.1) is 0 Å². The van der Waals surface area contributed by atoms with Crippen molar-refractivity contribution in [3.63, 3.8) is 0 Å². The van der Waals surface area contributed by atoms with Gasteiger partial charge in [-0.1, -0.05) is 18.9 Å². The summed E-state index contributed by atoms with van der Waals surface area (Å²) in [6.07, 6.45) is 4.29. The van der Waals surface area contributed by atoms with E-state index in [2.05, 4.69) is 6.07 Å². The second kappa shape index (κ2) is 8.02. The number of carbonyl (C=O) groups is 1. The minimum atomic E-state index is -3.63. The smallest absolute Gasteiger partial charge is 0.254 e. The van der Waals surface area contributed by atoms with Crippen LogP contribution in [-0.4, -0.2) is 57.4 Å². The summed E-state index contributed by atoms with van der Waals surface area (Å²) in [5, 5.41) is 0. The van der Waals surface area contributed by atoms with Crippen molar-refractivity contribution in [1.82, 2.24) is 9.21 Å². The molecule has 2 aliphatic heterocycles. The number of hydrogen-bond acceptors (Lipinski definition) is 5. The van der Waals surface area contributed by atoms with E-state index in [1.165, 1.54) is 31.8 Å². The molecule has 1 saturated carbocycles. The van der Waals surface area contributed by atoms with Crippen molar-refractivity contribution in [2.24, 2.45) is 0 Å². The van der Waals surface area contributed by atoms with Crippen LogP contribution in [0.5, 0.6) is 11.5 Å². The molecule has 3 aliphatic rings. The molecule has 0 N–H and O–H groups in total. The molecule has 5 rings (SSSR count). The van der Waals surface area contributed by atoms with Crippen molar-refractivity contribution in [2.45, 2.75) is 49.0 Å². The van der Waals surface area contributed by atoms with E-state index in [9.17, 15) is 13.2 Å². The van der Waals surface area contributed by atoms with Crippen molar-refractivity contribution < 1.29 is 22.7 Å². The molecule has 0 bridgehead atoms. The minimum Gasteiger partial charge on any atom is -0.486 e. The van der Waals surface area contributed by atoms with Gasteiger partial charge in [-0.3, -0.25) is 4.79 Å². The minimum absolute atomic E-state index is 0.110. The van der Waals surface area contributed by atoms with Gasteiger partial charge in [-0.25, -0.2) is 12.7 Å². The second-order valence-electron chi connectivity index (χ2n) is 9.49. The molecule has 0 aromatic heterocycles. The van der Waals surface area contributed by atoms with Crippen LogP contribution in [0.15, 0.2) is 41.3 Å². The SMILES string of the molecule is C[C@@H]1c2cc3c(cc2C2(CCCC2)CN1C(=O)c1cccc(S(=O)(=O)N(C)C)c1)OCCO3. The van der Waals surface area contributed by atoms with Crippen LogP contribution in [0.25, 0.3) is 0 Å². The Morgan fingerprint density at radius 2 is 1.73 bits per heavy atom. The first-order valence-electron chi connectivity index (χ1n) is 11.5. The lowest BCUT2D eigenvalue weighted by atomic mass is 9.71. The van der Waals surface area contributed by atoms with Crippen LogP contribution in [0.4, 0.5) is 0 Å². The highest BCUT2D eigenvalue weighted by molar-refractivity contribution is 7.89. The summed E-state index contributed by atoms with van der Waals surface area (Å²) in [6, 6.07) is 10.4. The van der Waals surface area contributed by atoms with Gasteiger partial charge in [0.2, 0.25) is 10.0 Å². The number of amides is 1. The van der Waals surface area contributed by atoms with E-state index >= 15 is 0 Å². The molecule has 1 spiro atoms. The van der Waals surface area contributed by atoms with Gasteiger partial charge < -0.3 is 14.4 Å². The van der Waals surface area contributed by atoms with Gasteiger partial charge in [0.25, 0.3) is 5.91 Å². The van der Waals surface area contributed by atoms with Crippen LogP contribution >= 0.6 is 0 Å². The van der Waals surface area contributed by atoms with E-state index in [0.29, 0.717) is 25.3 Å². The molecule has 1 atom stereocenters. The van der Waals surface area contributed by atoms with Gasteiger partial charge in [-0.2, -0.15) is 0 Å². The molecule has 0 unspecified atom stereocenters. The molecule has 33 heavy (non-hydrogen) atoms. The quantitative estimate of drug-likeness (QED) is 0.683. The van der Waals surface area contributed by atoms with Gasteiger partial charge in [-0.05, 0) is 61.2 Å². The maximum Gasteiger partial charge on any atom is 0.254 e. The van der Waals surface area contributed by atoms with E-state index in [0.717, 1.165) is 47.1 Å². The maximum absolute atomic E-state index is 13.8. The van der Waals surface area contributed by atoms with Crippen molar-refractivity contribution in [3.8, 4) is 11.5 Å². The van der Waals surface area contributed by atoms with Crippen molar-refractivity contribution in [2.75, 3.05) is 33.9 Å². The summed E-state index contributed by atoms with van der Waals surface area (Å²) >= 11 is 0. The Bertz CT molecular complexity index is 1200. The predicted octanol–water partition coefficient (Wildman–Crippen LogP) is 3.74. The summed E-state index contributed by atoms with van der Waals surface area (Å²) < 4.78 is 38.1. The van der Waals surface area contributed by atoms with Crippen LogP contribution < -0.4 is 9.47 Å². The molecule has 0 radical (unpaired) electrons. The molecule has 2 aromatic carbocycles. The van der Waals surface area contributed by atoms with Crippen LogP contribution in [0.1, 0.15) is 60.1 Å². The molecule has 0 saturated heterocycles. The molecule has 8 heteroatoms. The average molecular weight is 471 g/mol. The number of carbonyl (C=O) groups excluding carboxylic acids is 1. The Morgan fingerprint density at radius 1 is 1.06 bits per heavy atom. The zero-order valence-electron chi connectivity index (χ0n) is 19.3. The van der Waals surface area contributed by atoms with Gasteiger partial charge in [0.1, 0.15) is 13.2 Å². The third-order valence-electron chi connectivity index (χ3n) is 7.36. The van der Waals surface area contributed by atoms with Crippen molar-refractivity contribution in [3.05, 3.63) is 53.1 Å². The van der Waals surface area contributed by atoms with Gasteiger partial charge in [0.05, 0.1) is 10.9 Å². The van der Waals surface area contributed by atoms with Crippen LogP contribution in [0.2, 0.25) is 0 Å². The van der Waals surface area contributed by atoms with Gasteiger partial charge in [0, 0.05) is 31.6 Å². The highest BCUT2D eigenvalue weighted by Crippen LogP contribution is 2.52. The summed E-state index contributed by atoms with van der Waals surface area (Å²) in [6.45, 7) is 3.71. The van der Waals surface area contributed by atoms with E-state index in [1.54, 1.807) is 12.1 Å². The third kappa shape index (κ3) is 3.60. The Balaban J connectivity index is 1.56. The Morgan fingerprint density at radius 3 is 2.39 bits per heavy atom. The predicted molar refractivity (Wildman–Crippen MR) is 124 cm³/mol. The molecule has 1 amide bonds. The van der Waals surface area contributed by atoms with E-state index in [1.807, 2.05) is 17.9 Å². The highest BCUT2D eigenvalue weighted by atomic mass is 32.2. The monoisotopic (exact) mass is 470 g/mol. The summed E-state index contributed by atoms with van der Waals surface area (Å²) in [5.74, 6) is 1.37. The number of sulfonamides is 1. The molecule has 1 aliphatic carbocycles. The number of fused-ring (bicyclic) bond motifs is 3. The van der Waals surface area contributed by atoms with Gasteiger partial charge in [0.15, 0.2) is 11.5 Å². The van der Waals surface area contributed by atoms with Crippen molar-refractivity contribution >= 4 is 15.9 Å². The Labute approximate surface area is 195 Å². The van der Waals surface area contributed by atoms with E-state index < -0.39 is 10.0 Å². The van der Waals surface area contributed by atoms with E-state index in [-0.39, 0.29) is 22.3 Å². The van der Waals surface area contributed by atoms with Crippen molar-refractivity contribution in [1.29, 1.82) is 0 Å². The first kappa shape index (κ1) is 22.2. The third-order valence-corrected chi connectivity index (χ3v) is 9.17. The molecule has 7 nitrogen and oxygen atoms in total. The normalized spacial score (nSPS) is 21.3. The number of rotatable bonds is 3. The first-order chi connectivity index (χ1) is 15.7. The summed E-state index contributed by atoms with van der Waals surface area (Å²) in [7, 11) is -0.646. The van der Waals surface area contributed by atoms with Gasteiger partial charge in [-0.15, -0.1) is 0 Å². The number of nitrogens with zero attached hydrogens (tertiary/aromatic N) is 2. The van der Waals surface area contributed by atoms with Crippen LogP contribution in [0.3, 0.4) is 0 Å². The zero-order valence-corrected chi connectivity index (χ0v) is 20.2. The second-order valence-corrected chi connectivity index (χ2v) is 11.6. The summed E-state index contributed by atoms with van der Waals surface area (Å²) in [4.78, 5) is 15.8. The Kier molecular flexibility index (Phi) is 5.40. The number of benzene rings is 2. The van der Waals surface area contributed by atoms with E-state index in [4.69, 9.17) is 9.47 Å². The topological polar surface area (TPSA) is 76.2 Å². The lowest BCUT2D eigenvalue weighted by Crippen LogP contribution is -2.48. The maximum atomic E-state index is 13.8. The largest absolute Gasteiger partial charge is 0.486 e. The average Bonchev–Trinajstić information content (AvgIpc) is 3.29. The summed E-state index contributed by atoms with van der Waals surface area (Å²) in [5.41, 5.74) is 2.64. The van der Waals surface area contributed by atoms with Gasteiger partial charge >= 0.3 is 0 Å². The number of hydrogen-bond donors (Lipinski definition) is 0. The fraction of sp³-hybridized carbons (Fsp3) is 0.480. The first-order valence-corrected chi connectivity index (χ1v) is 12.9. The standard InChI is InChI=1S/C25H30N2O5S/c1-17-20-14-22-23(32-12-11-31-22)15-21(20)25(9-4-5-10-25)16-27(17)24(28)18-7-6-8-19(13-18)33(29,30)26(2)3/h6-8,13-15,17H,4-5,9-12,16H2,1-3H3/t17-/m1/s1. The fourth-order valence-corrected chi connectivity index (χ4v) is 6.47. The molecule has 2 heterocycles. The lowest BCUT2D eigenvalue weighted by molar-refractivity contribution is 0.0593. The molecular formula is C25H30N2O5S. The lowest BCUT2D eigenvalue weighted by Gasteiger charge is -2.46. The fourth-order valence-electron chi connectivity index (χ4n) is 5.52. The molecule has 176 valence electrons. The molecular weight excluding hydrogens is 440 g/mol. The zero-order chi connectivity index (χ0) is 23.4.